The Hall–Kier alpha value is -1.68. The lowest BCUT2D eigenvalue weighted by Gasteiger charge is -2.41. The van der Waals surface area contributed by atoms with Gasteiger partial charge in [0.05, 0.1) is 25.4 Å². The molecular formula is C42H77NO11S. The number of aliphatic hydroxyl groups is 4. The maximum absolute atomic E-state index is 13.0. The first-order valence-corrected chi connectivity index (χ1v) is 22.7. The summed E-state index contributed by atoms with van der Waals surface area (Å²) in [6, 6.07) is -0.945. The van der Waals surface area contributed by atoms with Crippen LogP contribution >= 0.6 is 0 Å². The van der Waals surface area contributed by atoms with Crippen molar-refractivity contribution in [3.05, 3.63) is 36.5 Å². The van der Waals surface area contributed by atoms with E-state index in [4.69, 9.17) is 14.0 Å². The van der Waals surface area contributed by atoms with Crippen molar-refractivity contribution < 1.29 is 51.8 Å². The van der Waals surface area contributed by atoms with Crippen molar-refractivity contribution in [2.75, 3.05) is 13.2 Å². The maximum atomic E-state index is 13.0. The third kappa shape index (κ3) is 26.8. The minimum atomic E-state index is -5.08. The van der Waals surface area contributed by atoms with Gasteiger partial charge in [-0.05, 0) is 51.4 Å². The topological polar surface area (TPSA) is 192 Å². The van der Waals surface area contributed by atoms with Crippen LogP contribution in [0.5, 0.6) is 0 Å². The van der Waals surface area contributed by atoms with E-state index in [2.05, 4.69) is 47.7 Å². The number of amides is 1. The van der Waals surface area contributed by atoms with Crippen LogP contribution in [-0.4, -0.2) is 95.4 Å². The van der Waals surface area contributed by atoms with Gasteiger partial charge in [-0.15, -0.1) is 0 Å². The molecule has 0 radical (unpaired) electrons. The van der Waals surface area contributed by atoms with Crippen molar-refractivity contribution in [1.82, 2.24) is 5.32 Å². The van der Waals surface area contributed by atoms with Crippen molar-refractivity contribution in [2.45, 2.75) is 211 Å². The van der Waals surface area contributed by atoms with Crippen LogP contribution < -0.4 is 5.32 Å². The number of carbonyl (C=O) groups excluding carboxylic acids is 1. The highest BCUT2D eigenvalue weighted by molar-refractivity contribution is 7.80. The largest absolute Gasteiger partial charge is 0.397 e. The Morgan fingerprint density at radius 3 is 1.76 bits per heavy atom. The highest BCUT2D eigenvalue weighted by atomic mass is 32.3. The molecule has 1 fully saturated rings. The number of ether oxygens (including phenoxy) is 2. The van der Waals surface area contributed by atoms with Crippen molar-refractivity contribution >= 4 is 16.3 Å². The van der Waals surface area contributed by atoms with E-state index in [1.54, 1.807) is 6.08 Å². The molecular weight excluding hydrogens is 727 g/mol. The fourth-order valence-electron chi connectivity index (χ4n) is 6.54. The predicted molar refractivity (Wildman–Crippen MR) is 218 cm³/mol. The third-order valence-corrected chi connectivity index (χ3v) is 10.4. The van der Waals surface area contributed by atoms with Gasteiger partial charge in [0, 0.05) is 6.42 Å². The average molecular weight is 804 g/mol. The van der Waals surface area contributed by atoms with Crippen molar-refractivity contribution in [3.63, 3.8) is 0 Å². The monoisotopic (exact) mass is 804 g/mol. The Morgan fingerprint density at radius 2 is 1.22 bits per heavy atom. The van der Waals surface area contributed by atoms with Gasteiger partial charge >= 0.3 is 10.4 Å². The van der Waals surface area contributed by atoms with Crippen LogP contribution in [0.15, 0.2) is 36.5 Å². The minimum absolute atomic E-state index is 0.259. The predicted octanol–water partition coefficient (Wildman–Crippen LogP) is 7.55. The molecule has 322 valence electrons. The van der Waals surface area contributed by atoms with E-state index in [-0.39, 0.29) is 18.9 Å². The third-order valence-electron chi connectivity index (χ3n) is 9.92. The molecule has 0 aromatic rings. The van der Waals surface area contributed by atoms with Crippen LogP contribution in [0.2, 0.25) is 0 Å². The van der Waals surface area contributed by atoms with E-state index in [1.807, 2.05) is 6.08 Å². The van der Waals surface area contributed by atoms with E-state index in [1.165, 1.54) is 83.5 Å². The quantitative estimate of drug-likeness (QED) is 0.0211. The molecule has 7 atom stereocenters. The maximum Gasteiger partial charge on any atom is 0.397 e. The summed E-state index contributed by atoms with van der Waals surface area (Å²) in [5.41, 5.74) is 0. The van der Waals surface area contributed by atoms with E-state index >= 15 is 0 Å². The summed E-state index contributed by atoms with van der Waals surface area (Å²) in [4.78, 5) is 13.0. The van der Waals surface area contributed by atoms with E-state index in [0.717, 1.165) is 57.8 Å². The highest BCUT2D eigenvalue weighted by Crippen LogP contribution is 2.26. The molecule has 7 unspecified atom stereocenters. The molecule has 1 amide bonds. The van der Waals surface area contributed by atoms with Gasteiger partial charge < -0.3 is 35.2 Å². The van der Waals surface area contributed by atoms with E-state index in [9.17, 15) is 33.6 Å². The molecule has 0 aliphatic carbocycles. The van der Waals surface area contributed by atoms with E-state index in [0.29, 0.717) is 6.42 Å². The molecule has 6 N–H and O–H groups in total. The summed E-state index contributed by atoms with van der Waals surface area (Å²) >= 11 is 0. The lowest BCUT2D eigenvalue weighted by Crippen LogP contribution is -2.61. The minimum Gasteiger partial charge on any atom is -0.394 e. The standard InChI is InChI=1S/C42H77NO11S/c1-3-5-7-9-11-13-15-16-17-18-19-20-22-24-26-28-30-32-38(46)43-35(36(45)31-29-27-25-23-21-14-12-10-8-6-4-2)34-52-42-40(48)41(54-55(49,50)51)39(47)37(33-44)53-42/h11,13,16-17,29,31,35-37,39-42,44-45,47-48H,3-10,12,14-15,18-28,30,32-34H2,1-2H3,(H,43,46)(H,49,50,51)/b13-11-,17-16-,31-29+. The highest BCUT2D eigenvalue weighted by Gasteiger charge is 2.48. The van der Waals surface area contributed by atoms with E-state index < -0.39 is 59.9 Å². The van der Waals surface area contributed by atoms with Crippen molar-refractivity contribution in [2.24, 2.45) is 0 Å². The van der Waals surface area contributed by atoms with Crippen LogP contribution in [-0.2, 0) is 28.9 Å². The first-order chi connectivity index (χ1) is 26.5. The SMILES string of the molecule is CCCCC/C=C\C/C=C\CCCCCCCCCC(=O)NC(COC1OC(CO)C(O)C(OS(=O)(=O)O)C1O)C(O)/C=C/CCCCCCCCCCC. The summed E-state index contributed by atoms with van der Waals surface area (Å²) in [6.07, 6.45) is 29.0. The van der Waals surface area contributed by atoms with Crippen LogP contribution in [0.4, 0.5) is 0 Å². The molecule has 1 aliphatic heterocycles. The molecule has 0 bridgehead atoms. The number of hydrogen-bond acceptors (Lipinski definition) is 10. The second-order valence-corrected chi connectivity index (χ2v) is 16.0. The second-order valence-electron chi connectivity index (χ2n) is 14.9. The molecule has 1 rings (SSSR count). The number of nitrogens with one attached hydrogen (secondary N) is 1. The number of rotatable bonds is 35. The Labute approximate surface area is 333 Å². The lowest BCUT2D eigenvalue weighted by molar-refractivity contribution is -0.298. The molecule has 55 heavy (non-hydrogen) atoms. The first-order valence-electron chi connectivity index (χ1n) is 21.4. The molecule has 0 saturated carbocycles. The van der Waals surface area contributed by atoms with Gasteiger partial charge in [-0.3, -0.25) is 9.35 Å². The smallest absolute Gasteiger partial charge is 0.394 e. The van der Waals surface area contributed by atoms with Gasteiger partial charge in [0.25, 0.3) is 0 Å². The molecule has 1 aliphatic rings. The lowest BCUT2D eigenvalue weighted by atomic mass is 9.99. The van der Waals surface area contributed by atoms with Gasteiger partial charge in [0.15, 0.2) is 6.29 Å². The number of hydrogen-bond donors (Lipinski definition) is 6. The fourth-order valence-corrected chi connectivity index (χ4v) is 7.05. The number of allylic oxidation sites excluding steroid dienone is 5. The second kappa shape index (κ2) is 33.3. The van der Waals surface area contributed by atoms with Gasteiger partial charge in [-0.2, -0.15) is 8.42 Å². The van der Waals surface area contributed by atoms with Gasteiger partial charge in [-0.25, -0.2) is 4.18 Å². The van der Waals surface area contributed by atoms with Gasteiger partial charge in [0.1, 0.15) is 24.4 Å². The first kappa shape index (κ1) is 51.3. The molecule has 12 nitrogen and oxygen atoms in total. The molecule has 0 aromatic heterocycles. The average Bonchev–Trinajstić information content (AvgIpc) is 3.15. The molecule has 1 heterocycles. The number of unbranched alkanes of at least 4 members (excludes halogenated alkanes) is 19. The Balaban J connectivity index is 2.56. The summed E-state index contributed by atoms with van der Waals surface area (Å²) in [6.45, 7) is 3.32. The molecule has 0 aromatic carbocycles. The van der Waals surface area contributed by atoms with Crippen LogP contribution in [0.3, 0.4) is 0 Å². The van der Waals surface area contributed by atoms with Crippen molar-refractivity contribution in [1.29, 1.82) is 0 Å². The van der Waals surface area contributed by atoms with Crippen LogP contribution in [0, 0.1) is 0 Å². The summed E-state index contributed by atoms with van der Waals surface area (Å²) in [5, 5.41) is 44.5. The zero-order valence-corrected chi connectivity index (χ0v) is 34.8. The zero-order valence-electron chi connectivity index (χ0n) is 34.0. The zero-order chi connectivity index (χ0) is 40.6. The Morgan fingerprint density at radius 1 is 0.727 bits per heavy atom. The van der Waals surface area contributed by atoms with Crippen molar-refractivity contribution in [3.8, 4) is 0 Å². The van der Waals surface area contributed by atoms with Crippen LogP contribution in [0.25, 0.3) is 0 Å². The Kier molecular flexibility index (Phi) is 31.1. The molecule has 0 spiro atoms. The van der Waals surface area contributed by atoms with Crippen LogP contribution in [0.1, 0.15) is 168 Å². The number of aliphatic hydroxyl groups excluding tert-OH is 4. The number of carbonyl (C=O) groups is 1. The van der Waals surface area contributed by atoms with Gasteiger partial charge in [-0.1, -0.05) is 147 Å². The molecule has 1 saturated heterocycles. The van der Waals surface area contributed by atoms with Gasteiger partial charge in [0.2, 0.25) is 5.91 Å². The Bertz CT molecular complexity index is 1130. The normalized spacial score (nSPS) is 21.9. The fraction of sp³-hybridized carbons (Fsp3) is 0.833. The molecule has 13 heteroatoms. The summed E-state index contributed by atoms with van der Waals surface area (Å²) < 4.78 is 47.4. The summed E-state index contributed by atoms with van der Waals surface area (Å²) in [7, 11) is -5.08. The summed E-state index contributed by atoms with van der Waals surface area (Å²) in [5.74, 6) is -0.274.